The number of pyridine rings is 2. The highest BCUT2D eigenvalue weighted by Crippen LogP contribution is 2.37. The molecule has 6 aromatic rings. The maximum atomic E-state index is 5.96. The van der Waals surface area contributed by atoms with Gasteiger partial charge in [0.1, 0.15) is 5.58 Å². The second kappa shape index (κ2) is 6.28. The Labute approximate surface area is 167 Å². The van der Waals surface area contributed by atoms with Crippen LogP contribution in [0.3, 0.4) is 0 Å². The minimum atomic E-state index is 0.664. The van der Waals surface area contributed by atoms with E-state index in [2.05, 4.69) is 70.6 Å². The van der Waals surface area contributed by atoms with E-state index < -0.39 is 0 Å². The largest absolute Gasteiger partial charge is 0.438 e. The van der Waals surface area contributed by atoms with Gasteiger partial charge in [0, 0.05) is 28.7 Å². The molecule has 29 heavy (non-hydrogen) atoms. The zero-order chi connectivity index (χ0) is 19.2. The smallest absolute Gasteiger partial charge is 0.227 e. The van der Waals surface area contributed by atoms with Crippen molar-refractivity contribution >= 4 is 32.8 Å². The van der Waals surface area contributed by atoms with Crippen LogP contribution in [0.1, 0.15) is 0 Å². The first-order chi connectivity index (χ1) is 14.4. The van der Waals surface area contributed by atoms with Gasteiger partial charge in [0.25, 0.3) is 0 Å². The van der Waals surface area contributed by atoms with Gasteiger partial charge in [0.05, 0.1) is 11.1 Å². The maximum absolute atomic E-state index is 5.96. The summed E-state index contributed by atoms with van der Waals surface area (Å²) in [5.41, 5.74) is 5.84. The molecule has 0 saturated heterocycles. The van der Waals surface area contributed by atoms with Gasteiger partial charge in [-0.1, -0.05) is 60.7 Å². The summed E-state index contributed by atoms with van der Waals surface area (Å²) in [6.07, 6.45) is 3.68. The van der Waals surface area contributed by atoms with E-state index in [0.717, 1.165) is 44.1 Å². The van der Waals surface area contributed by atoms with Crippen LogP contribution in [0.2, 0.25) is 0 Å². The molecule has 0 N–H and O–H groups in total. The molecule has 0 bridgehead atoms. The van der Waals surface area contributed by atoms with Gasteiger partial charge >= 0.3 is 0 Å². The van der Waals surface area contributed by atoms with Crippen molar-refractivity contribution in [3.05, 3.63) is 97.3 Å². The third kappa shape index (κ3) is 2.52. The summed E-state index contributed by atoms with van der Waals surface area (Å²) < 4.78 is 5.96. The minimum absolute atomic E-state index is 0.664. The van der Waals surface area contributed by atoms with Crippen LogP contribution < -0.4 is 0 Å². The lowest BCUT2D eigenvalue weighted by Gasteiger charge is -2.09. The Bertz CT molecular complexity index is 1510. The van der Waals surface area contributed by atoms with Crippen molar-refractivity contribution in [2.45, 2.75) is 0 Å². The number of rotatable bonds is 2. The number of hydrogen-bond donors (Lipinski definition) is 0. The number of furan rings is 1. The third-order valence-electron chi connectivity index (χ3n) is 5.40. The van der Waals surface area contributed by atoms with E-state index in [4.69, 9.17) is 4.42 Å². The lowest BCUT2D eigenvalue weighted by atomic mass is 9.97. The summed E-state index contributed by atoms with van der Waals surface area (Å²) >= 11 is 0. The van der Waals surface area contributed by atoms with Crippen LogP contribution in [0.25, 0.3) is 55.2 Å². The van der Waals surface area contributed by atoms with Crippen molar-refractivity contribution in [3.8, 4) is 22.4 Å². The van der Waals surface area contributed by atoms with Crippen LogP contribution >= 0.6 is 0 Å². The third-order valence-corrected chi connectivity index (χ3v) is 5.40. The number of benzene rings is 3. The molecule has 3 heteroatoms. The zero-order valence-electron chi connectivity index (χ0n) is 15.5. The van der Waals surface area contributed by atoms with Crippen LogP contribution in [0, 0.1) is 0 Å². The molecule has 0 saturated carbocycles. The van der Waals surface area contributed by atoms with Gasteiger partial charge in [-0.15, -0.1) is 0 Å². The summed E-state index contributed by atoms with van der Waals surface area (Å²) in [4.78, 5) is 9.13. The van der Waals surface area contributed by atoms with Gasteiger partial charge in [-0.2, -0.15) is 0 Å². The Kier molecular flexibility index (Phi) is 3.47. The molecule has 0 spiro atoms. The quantitative estimate of drug-likeness (QED) is 0.333. The Morgan fingerprint density at radius 2 is 1.41 bits per heavy atom. The molecule has 3 nitrogen and oxygen atoms in total. The molecule has 0 unspecified atom stereocenters. The lowest BCUT2D eigenvalue weighted by Crippen LogP contribution is -1.87. The van der Waals surface area contributed by atoms with Crippen molar-refractivity contribution in [2.75, 3.05) is 0 Å². The van der Waals surface area contributed by atoms with Gasteiger partial charge < -0.3 is 4.42 Å². The van der Waals surface area contributed by atoms with E-state index in [-0.39, 0.29) is 0 Å². The van der Waals surface area contributed by atoms with E-state index in [9.17, 15) is 0 Å². The molecule has 6 rings (SSSR count). The van der Waals surface area contributed by atoms with E-state index in [1.807, 2.05) is 36.7 Å². The zero-order valence-corrected chi connectivity index (χ0v) is 15.5. The Morgan fingerprint density at radius 3 is 2.38 bits per heavy atom. The fourth-order valence-electron chi connectivity index (χ4n) is 4.07. The predicted molar refractivity (Wildman–Crippen MR) is 118 cm³/mol. The molecule has 0 fully saturated rings. The van der Waals surface area contributed by atoms with E-state index in [0.29, 0.717) is 5.71 Å². The van der Waals surface area contributed by atoms with Crippen molar-refractivity contribution in [1.82, 2.24) is 9.97 Å². The van der Waals surface area contributed by atoms with Crippen molar-refractivity contribution in [3.63, 3.8) is 0 Å². The summed E-state index contributed by atoms with van der Waals surface area (Å²) in [5, 5.41) is 4.47. The summed E-state index contributed by atoms with van der Waals surface area (Å²) in [7, 11) is 0. The molecule has 3 aromatic heterocycles. The first-order valence-electron chi connectivity index (χ1n) is 9.59. The number of nitrogens with zero attached hydrogens (tertiary/aromatic N) is 2. The van der Waals surface area contributed by atoms with Crippen LogP contribution in [0.4, 0.5) is 0 Å². The molecular weight excluding hydrogens is 356 g/mol. The van der Waals surface area contributed by atoms with Crippen molar-refractivity contribution in [1.29, 1.82) is 0 Å². The highest BCUT2D eigenvalue weighted by atomic mass is 16.3. The SMILES string of the molecule is c1cc(-c2nccc3ccccc23)cc(-c2ccnc3oc4ccccc4c23)c1. The van der Waals surface area contributed by atoms with Crippen molar-refractivity contribution in [2.24, 2.45) is 0 Å². The van der Waals surface area contributed by atoms with Gasteiger partial charge in [-0.25, -0.2) is 4.98 Å². The summed E-state index contributed by atoms with van der Waals surface area (Å²) in [6, 6.07) is 29.1. The molecule has 0 aliphatic heterocycles. The lowest BCUT2D eigenvalue weighted by molar-refractivity contribution is 0.654. The van der Waals surface area contributed by atoms with Gasteiger partial charge in [-0.3, -0.25) is 4.98 Å². The minimum Gasteiger partial charge on any atom is -0.438 e. The molecule has 3 aromatic carbocycles. The van der Waals surface area contributed by atoms with Crippen LogP contribution in [-0.2, 0) is 0 Å². The number of hydrogen-bond acceptors (Lipinski definition) is 3. The molecule has 3 heterocycles. The molecule has 0 aliphatic rings. The van der Waals surface area contributed by atoms with Crippen molar-refractivity contribution < 1.29 is 4.42 Å². The molecular formula is C26H16N2O. The average molecular weight is 372 g/mol. The van der Waals surface area contributed by atoms with Gasteiger partial charge in [0.2, 0.25) is 5.71 Å². The Morgan fingerprint density at radius 1 is 0.621 bits per heavy atom. The second-order valence-corrected chi connectivity index (χ2v) is 7.10. The molecule has 136 valence electrons. The highest BCUT2D eigenvalue weighted by Gasteiger charge is 2.14. The fraction of sp³-hybridized carbons (Fsp3) is 0. The number of fused-ring (bicyclic) bond motifs is 4. The van der Waals surface area contributed by atoms with Crippen LogP contribution in [0.15, 0.2) is 102 Å². The Balaban J connectivity index is 1.60. The maximum Gasteiger partial charge on any atom is 0.227 e. The number of aromatic nitrogens is 2. The number of para-hydroxylation sites is 1. The molecule has 0 radical (unpaired) electrons. The molecule has 0 amide bonds. The average Bonchev–Trinajstić information content (AvgIpc) is 3.17. The monoisotopic (exact) mass is 372 g/mol. The topological polar surface area (TPSA) is 38.9 Å². The fourth-order valence-corrected chi connectivity index (χ4v) is 4.07. The normalized spacial score (nSPS) is 11.4. The first kappa shape index (κ1) is 16.0. The van der Waals surface area contributed by atoms with Crippen LogP contribution in [-0.4, -0.2) is 9.97 Å². The molecule has 0 atom stereocenters. The predicted octanol–water partition coefficient (Wildman–Crippen LogP) is 6.86. The van der Waals surface area contributed by atoms with Crippen LogP contribution in [0.5, 0.6) is 0 Å². The Hall–Kier alpha value is -3.98. The van der Waals surface area contributed by atoms with E-state index in [1.165, 1.54) is 5.39 Å². The van der Waals surface area contributed by atoms with Gasteiger partial charge in [-0.05, 0) is 40.8 Å². The van der Waals surface area contributed by atoms with E-state index in [1.54, 1.807) is 0 Å². The summed E-state index contributed by atoms with van der Waals surface area (Å²) in [6.45, 7) is 0. The van der Waals surface area contributed by atoms with Gasteiger partial charge in [0.15, 0.2) is 0 Å². The summed E-state index contributed by atoms with van der Waals surface area (Å²) in [5.74, 6) is 0. The first-order valence-corrected chi connectivity index (χ1v) is 9.59. The standard InChI is InChI=1S/C26H16N2O/c1-2-9-21-17(6-1)12-14-27-25(21)19-8-5-7-18(16-19)20-13-15-28-26-24(20)22-10-3-4-11-23(22)29-26/h1-16H. The van der Waals surface area contributed by atoms with E-state index >= 15 is 0 Å². The highest BCUT2D eigenvalue weighted by molar-refractivity contribution is 6.11. The molecule has 0 aliphatic carbocycles. The second-order valence-electron chi connectivity index (χ2n) is 7.10.